The molecule has 1 fully saturated rings. The molecule has 8 atom stereocenters. The number of ketones is 1. The van der Waals surface area contributed by atoms with Gasteiger partial charge in [0, 0.05) is 47.3 Å². The Morgan fingerprint density at radius 3 is 1.78 bits per heavy atom. The Balaban J connectivity index is 1.56. The van der Waals surface area contributed by atoms with E-state index in [9.17, 15) is 58.5 Å². The van der Waals surface area contributed by atoms with E-state index in [0.717, 1.165) is 21.6 Å². The molecule has 25 heteroatoms. The first-order valence-corrected chi connectivity index (χ1v) is 27.7. The first kappa shape index (κ1) is 61.6. The van der Waals surface area contributed by atoms with Crippen molar-refractivity contribution < 1.29 is 58.5 Å². The van der Waals surface area contributed by atoms with Crippen LogP contribution in [0.1, 0.15) is 58.3 Å². The number of nitrogens with two attached hydrogens (primary N) is 4. The highest BCUT2D eigenvalue weighted by molar-refractivity contribution is 8.76. The Labute approximate surface area is 463 Å². The number of aliphatic hydroxyl groups is 1. The third-order valence-corrected chi connectivity index (χ3v) is 15.3. The van der Waals surface area contributed by atoms with E-state index in [1.54, 1.807) is 36.4 Å². The summed E-state index contributed by atoms with van der Waals surface area (Å²) in [5.74, 6) is -9.42. The third-order valence-electron chi connectivity index (χ3n) is 12.6. The molecule has 418 valence electrons. The van der Waals surface area contributed by atoms with Gasteiger partial charge in [0.1, 0.15) is 41.7 Å². The van der Waals surface area contributed by atoms with Crippen LogP contribution in [0.5, 0.6) is 11.5 Å². The maximum atomic E-state index is 14.7. The van der Waals surface area contributed by atoms with Gasteiger partial charge in [0.25, 0.3) is 0 Å². The Hall–Kier alpha value is -7.22. The molecular weight excluding hydrogens is 1070 g/mol. The molecule has 0 aliphatic carbocycles. The van der Waals surface area contributed by atoms with Crippen LogP contribution in [0, 0.1) is 5.92 Å². The van der Waals surface area contributed by atoms with Crippen molar-refractivity contribution in [2.45, 2.75) is 93.7 Å². The number of aliphatic hydroxyl groups excluding tert-OH is 1. The standard InChI is InChI=1S/C53H65ClN10O12S2/c54-35-14-6-30(7-15-35)22-38(56)49(72)63-43-27-77-78-28-44(53(76)60-40(47(58)70)23-32-10-18-37(67)19-11-32)64-52(75)42(26-65)62-50(73)39(3-1-2-20-55)59-51(74)41(24-31-4-12-33(13-5-31)46(57)69)61-48(71)34(25-45(43)68)21-29-8-16-36(66)17-9-29/h4-19,34,38-44,65-67H,1-3,20-28,55-56H2,(H2,57,69)(H2,58,70)(H,59,74)(H,60,76)(H,61,71)(H,62,73)(H,63,72)(H,64,75)/t34-,38+,39+,40?,41-,42+,43-,44+/m1/s1. The minimum atomic E-state index is -1.72. The normalized spacial score (nSPS) is 20.8. The molecule has 5 rings (SSSR count). The topological polar surface area (TPSA) is 391 Å². The number of carbonyl (C=O) groups is 9. The predicted molar refractivity (Wildman–Crippen MR) is 294 cm³/mol. The summed E-state index contributed by atoms with van der Waals surface area (Å²) in [5.41, 5.74) is 25.6. The fourth-order valence-corrected chi connectivity index (χ4v) is 10.6. The highest BCUT2D eigenvalue weighted by atomic mass is 35.5. The van der Waals surface area contributed by atoms with Crippen LogP contribution in [0.25, 0.3) is 0 Å². The maximum Gasteiger partial charge on any atom is 0.248 e. The number of benzene rings is 4. The number of aromatic hydroxyl groups is 2. The highest BCUT2D eigenvalue weighted by Gasteiger charge is 2.35. The lowest BCUT2D eigenvalue weighted by molar-refractivity contribution is -0.136. The van der Waals surface area contributed by atoms with Gasteiger partial charge in [-0.1, -0.05) is 81.7 Å². The Kier molecular flexibility index (Phi) is 24.2. The fraction of sp³-hybridized carbons (Fsp3) is 0.377. The van der Waals surface area contributed by atoms with Crippen molar-refractivity contribution in [3.8, 4) is 11.5 Å². The van der Waals surface area contributed by atoms with Crippen molar-refractivity contribution in [1.82, 2.24) is 31.9 Å². The van der Waals surface area contributed by atoms with Gasteiger partial charge >= 0.3 is 0 Å². The van der Waals surface area contributed by atoms with Crippen LogP contribution in [0.2, 0.25) is 5.02 Å². The average Bonchev–Trinajstić information content (AvgIpc) is 3.42. The number of hydrogen-bond donors (Lipinski definition) is 13. The molecule has 1 heterocycles. The number of nitrogens with one attached hydrogen (secondary N) is 6. The number of phenols is 2. The molecule has 0 aromatic heterocycles. The van der Waals surface area contributed by atoms with Gasteiger partial charge in [0.05, 0.1) is 18.7 Å². The number of amides is 8. The molecule has 0 spiro atoms. The molecule has 0 radical (unpaired) electrons. The predicted octanol–water partition coefficient (Wildman–Crippen LogP) is -0.0662. The van der Waals surface area contributed by atoms with Gasteiger partial charge in [0.2, 0.25) is 47.3 Å². The summed E-state index contributed by atoms with van der Waals surface area (Å²) in [5, 5.41) is 46.5. The smallest absolute Gasteiger partial charge is 0.248 e. The van der Waals surface area contributed by atoms with Crippen LogP contribution < -0.4 is 54.8 Å². The van der Waals surface area contributed by atoms with Crippen molar-refractivity contribution in [1.29, 1.82) is 0 Å². The van der Waals surface area contributed by atoms with Gasteiger partial charge in [-0.3, -0.25) is 43.2 Å². The number of unbranched alkanes of at least 4 members (excludes halogenated alkanes) is 1. The minimum absolute atomic E-state index is 0.0363. The van der Waals surface area contributed by atoms with E-state index in [-0.39, 0.29) is 67.2 Å². The van der Waals surface area contributed by atoms with Crippen molar-refractivity contribution in [2.24, 2.45) is 28.9 Å². The monoisotopic (exact) mass is 1130 g/mol. The largest absolute Gasteiger partial charge is 0.508 e. The summed E-state index contributed by atoms with van der Waals surface area (Å²) in [6.45, 7) is -0.773. The SMILES string of the molecule is NCCCC[C@@H]1NC(=O)[C@@H](Cc2ccc(C(N)=O)cc2)NC(=O)[C@H](Cc2ccc(O)cc2)CC(=O)[C@H](NC(=O)[C@@H](N)Cc2ccc(Cl)cc2)CSSC[C@@H](C(=O)NC(Cc2ccc(O)cc2)C(N)=O)NC(=O)[C@H](CO)NC1=O. The van der Waals surface area contributed by atoms with Crippen LogP contribution >= 0.6 is 33.2 Å². The molecular formula is C53H65ClN10O12S2. The van der Waals surface area contributed by atoms with Crippen LogP contribution in [0.15, 0.2) is 97.1 Å². The highest BCUT2D eigenvalue weighted by Crippen LogP contribution is 2.26. The zero-order valence-corrected chi connectivity index (χ0v) is 44.8. The molecule has 22 nitrogen and oxygen atoms in total. The summed E-state index contributed by atoms with van der Waals surface area (Å²) in [6.07, 6.45) is -0.267. The molecule has 1 unspecified atom stereocenters. The molecule has 1 aliphatic rings. The van der Waals surface area contributed by atoms with Gasteiger partial charge < -0.3 is 70.2 Å². The summed E-state index contributed by atoms with van der Waals surface area (Å²) < 4.78 is 0. The van der Waals surface area contributed by atoms with Crippen LogP contribution in [0.3, 0.4) is 0 Å². The molecule has 0 bridgehead atoms. The molecule has 17 N–H and O–H groups in total. The van der Waals surface area contributed by atoms with Crippen LogP contribution in [-0.2, 0) is 64.0 Å². The summed E-state index contributed by atoms with van der Waals surface area (Å²) >= 11 is 6.07. The second kappa shape index (κ2) is 30.6. The quantitative estimate of drug-likeness (QED) is 0.0432. The van der Waals surface area contributed by atoms with Crippen molar-refractivity contribution in [2.75, 3.05) is 24.7 Å². The number of halogens is 1. The van der Waals surface area contributed by atoms with Gasteiger partial charge in [0.15, 0.2) is 5.78 Å². The number of primary amides is 2. The lowest BCUT2D eigenvalue weighted by atomic mass is 9.90. The summed E-state index contributed by atoms with van der Waals surface area (Å²) in [4.78, 5) is 125. The number of carbonyl (C=O) groups excluding carboxylic acids is 9. The second-order valence-electron chi connectivity index (χ2n) is 18.6. The van der Waals surface area contributed by atoms with Gasteiger partial charge in [-0.15, -0.1) is 0 Å². The van der Waals surface area contributed by atoms with Crippen LogP contribution in [-0.4, -0.2) is 135 Å². The van der Waals surface area contributed by atoms with E-state index in [1.165, 1.54) is 60.7 Å². The maximum absolute atomic E-state index is 14.7. The lowest BCUT2D eigenvalue weighted by Crippen LogP contribution is -2.60. The third kappa shape index (κ3) is 19.7. The molecule has 4 aromatic carbocycles. The lowest BCUT2D eigenvalue weighted by Gasteiger charge is -2.28. The molecule has 1 aliphatic heterocycles. The van der Waals surface area contributed by atoms with E-state index >= 15 is 0 Å². The fourth-order valence-electron chi connectivity index (χ4n) is 8.11. The van der Waals surface area contributed by atoms with Crippen molar-refractivity contribution in [3.05, 3.63) is 130 Å². The zero-order chi connectivity index (χ0) is 56.9. The van der Waals surface area contributed by atoms with E-state index in [1.807, 2.05) is 0 Å². The number of hydrogen-bond acceptors (Lipinski definition) is 16. The molecule has 8 amide bonds. The average molecular weight is 1130 g/mol. The Morgan fingerprint density at radius 2 is 1.18 bits per heavy atom. The molecule has 4 aromatic rings. The number of phenolic OH excluding ortho intramolecular Hbond substituents is 2. The Morgan fingerprint density at radius 1 is 0.654 bits per heavy atom. The number of rotatable bonds is 19. The van der Waals surface area contributed by atoms with Gasteiger partial charge in [-0.2, -0.15) is 0 Å². The first-order chi connectivity index (χ1) is 37.2. The van der Waals surface area contributed by atoms with E-state index in [4.69, 9.17) is 34.5 Å². The summed E-state index contributed by atoms with van der Waals surface area (Å²) in [6, 6.07) is 14.2. The van der Waals surface area contributed by atoms with Crippen LogP contribution in [0.4, 0.5) is 0 Å². The zero-order valence-electron chi connectivity index (χ0n) is 42.4. The number of Topliss-reactive ketones (excluding diaryl/α,β-unsaturated/α-hetero) is 1. The molecule has 78 heavy (non-hydrogen) atoms. The first-order valence-electron chi connectivity index (χ1n) is 24.9. The molecule has 0 saturated carbocycles. The van der Waals surface area contributed by atoms with E-state index in [0.29, 0.717) is 40.1 Å². The van der Waals surface area contributed by atoms with Gasteiger partial charge in [-0.05, 0) is 109 Å². The molecule has 1 saturated heterocycles. The van der Waals surface area contributed by atoms with E-state index < -0.39 is 114 Å². The second-order valence-corrected chi connectivity index (χ2v) is 21.6. The van der Waals surface area contributed by atoms with Crippen molar-refractivity contribution >= 4 is 86.2 Å². The van der Waals surface area contributed by atoms with E-state index in [2.05, 4.69) is 31.9 Å². The van der Waals surface area contributed by atoms with Crippen molar-refractivity contribution in [3.63, 3.8) is 0 Å². The van der Waals surface area contributed by atoms with Gasteiger partial charge in [-0.25, -0.2) is 0 Å². The summed E-state index contributed by atoms with van der Waals surface area (Å²) in [7, 11) is 1.97. The Bertz CT molecular complexity index is 2730. The minimum Gasteiger partial charge on any atom is -0.508 e.